The lowest BCUT2D eigenvalue weighted by molar-refractivity contribution is -0.141. The minimum atomic E-state index is -0.636. The number of carbonyl (C=O) groups is 1. The van der Waals surface area contributed by atoms with Gasteiger partial charge in [-0.05, 0) is 19.1 Å². The minimum Gasteiger partial charge on any atom is -0.468 e. The van der Waals surface area contributed by atoms with Crippen LogP contribution >= 0.6 is 11.8 Å². The highest BCUT2D eigenvalue weighted by Crippen LogP contribution is 2.19. The Hall–Kier alpha value is -1.86. The zero-order valence-corrected chi connectivity index (χ0v) is 12.7. The summed E-state index contributed by atoms with van der Waals surface area (Å²) in [6.07, 6.45) is 0. The molecule has 1 aromatic heterocycles. The average molecular weight is 307 g/mol. The third-order valence-electron chi connectivity index (χ3n) is 2.77. The van der Waals surface area contributed by atoms with Crippen LogP contribution in [0.4, 0.5) is 0 Å². The molecule has 0 aliphatic heterocycles. The predicted octanol–water partition coefficient (Wildman–Crippen LogP) is 1.78. The summed E-state index contributed by atoms with van der Waals surface area (Å²) in [6, 6.07) is 7.22. The highest BCUT2D eigenvalue weighted by molar-refractivity contribution is 7.98. The van der Waals surface area contributed by atoms with Crippen molar-refractivity contribution in [3.05, 3.63) is 35.7 Å². The minimum absolute atomic E-state index is 0.420. The van der Waals surface area contributed by atoms with E-state index in [1.807, 2.05) is 31.2 Å². The largest absolute Gasteiger partial charge is 0.468 e. The Morgan fingerprint density at radius 3 is 3.05 bits per heavy atom. The molecule has 0 radical (unpaired) electrons. The Kier molecular flexibility index (Phi) is 5.35. The van der Waals surface area contributed by atoms with Gasteiger partial charge >= 0.3 is 5.97 Å². The van der Waals surface area contributed by atoms with Crippen LogP contribution in [0, 0.1) is 6.92 Å². The van der Waals surface area contributed by atoms with Gasteiger partial charge in [0.1, 0.15) is 6.04 Å². The average Bonchev–Trinajstić information content (AvgIpc) is 2.95. The van der Waals surface area contributed by atoms with Crippen molar-refractivity contribution < 1.29 is 14.1 Å². The summed E-state index contributed by atoms with van der Waals surface area (Å²) >= 11 is 1.46. The van der Waals surface area contributed by atoms with Gasteiger partial charge in [-0.15, -0.1) is 0 Å². The molecule has 0 spiro atoms. The van der Waals surface area contributed by atoms with Gasteiger partial charge in [-0.2, -0.15) is 16.7 Å². The fraction of sp³-hybridized carbons (Fsp3) is 0.357. The van der Waals surface area contributed by atoms with Crippen LogP contribution < -0.4 is 5.73 Å². The number of nitrogens with two attached hydrogens (primary N) is 1. The zero-order valence-electron chi connectivity index (χ0n) is 11.9. The van der Waals surface area contributed by atoms with Gasteiger partial charge in [0.25, 0.3) is 5.89 Å². The van der Waals surface area contributed by atoms with E-state index < -0.39 is 12.0 Å². The Balaban J connectivity index is 1.90. The summed E-state index contributed by atoms with van der Waals surface area (Å²) in [7, 11) is 1.32. The quantitative estimate of drug-likeness (QED) is 0.813. The Morgan fingerprint density at radius 1 is 1.52 bits per heavy atom. The molecule has 6 nitrogen and oxygen atoms in total. The SMILES string of the molecule is COC(=O)C(N)CSCc1noc(-c2cccc(C)c2)n1. The lowest BCUT2D eigenvalue weighted by Gasteiger charge is -2.06. The first kappa shape index (κ1) is 15.5. The number of thioether (sulfide) groups is 1. The van der Waals surface area contributed by atoms with Gasteiger partial charge in [0.2, 0.25) is 0 Å². The van der Waals surface area contributed by atoms with E-state index in [0.717, 1.165) is 11.1 Å². The first-order chi connectivity index (χ1) is 10.1. The van der Waals surface area contributed by atoms with Gasteiger partial charge in [-0.3, -0.25) is 4.79 Å². The zero-order chi connectivity index (χ0) is 15.2. The van der Waals surface area contributed by atoms with Crippen LogP contribution in [0.5, 0.6) is 0 Å². The number of rotatable bonds is 6. The molecule has 7 heteroatoms. The number of carbonyl (C=O) groups excluding carboxylic acids is 1. The summed E-state index contributed by atoms with van der Waals surface area (Å²) in [5.41, 5.74) is 7.67. The van der Waals surface area contributed by atoms with Crippen molar-refractivity contribution in [1.29, 1.82) is 0 Å². The highest BCUT2D eigenvalue weighted by atomic mass is 32.2. The molecule has 112 valence electrons. The topological polar surface area (TPSA) is 91.2 Å². The molecule has 0 saturated heterocycles. The number of hydrogen-bond acceptors (Lipinski definition) is 7. The summed E-state index contributed by atoms with van der Waals surface area (Å²) in [5.74, 6) is 1.62. The standard InChI is InChI=1S/C14H17N3O3S/c1-9-4-3-5-10(6-9)13-16-12(17-20-13)8-21-7-11(15)14(18)19-2/h3-6,11H,7-8,15H2,1-2H3. The van der Waals surface area contributed by atoms with Crippen LogP contribution in [-0.4, -0.2) is 35.0 Å². The molecule has 0 aliphatic rings. The molecule has 2 N–H and O–H groups in total. The van der Waals surface area contributed by atoms with Crippen molar-refractivity contribution >= 4 is 17.7 Å². The fourth-order valence-corrected chi connectivity index (χ4v) is 2.51. The Labute approximate surface area is 127 Å². The summed E-state index contributed by atoms with van der Waals surface area (Å²) in [5, 5.41) is 3.92. The van der Waals surface area contributed by atoms with E-state index in [1.54, 1.807) is 0 Å². The lowest BCUT2D eigenvalue weighted by Crippen LogP contribution is -2.33. The van der Waals surface area contributed by atoms with E-state index >= 15 is 0 Å². The second-order valence-corrected chi connectivity index (χ2v) is 5.56. The maximum Gasteiger partial charge on any atom is 0.323 e. The Bertz CT molecular complexity index is 615. The molecule has 1 aromatic carbocycles. The molecule has 2 aromatic rings. The molecule has 21 heavy (non-hydrogen) atoms. The third-order valence-corrected chi connectivity index (χ3v) is 3.82. The first-order valence-corrected chi connectivity index (χ1v) is 7.56. The van der Waals surface area contributed by atoms with Crippen LogP contribution in [0.15, 0.2) is 28.8 Å². The molecular formula is C14H17N3O3S. The molecule has 2 rings (SSSR count). The van der Waals surface area contributed by atoms with Crippen molar-refractivity contribution in [3.8, 4) is 11.5 Å². The van der Waals surface area contributed by atoms with E-state index in [9.17, 15) is 4.79 Å². The summed E-state index contributed by atoms with van der Waals surface area (Å²) < 4.78 is 9.80. The Morgan fingerprint density at radius 2 is 2.33 bits per heavy atom. The highest BCUT2D eigenvalue weighted by Gasteiger charge is 2.14. The number of hydrogen-bond donors (Lipinski definition) is 1. The van der Waals surface area contributed by atoms with E-state index in [0.29, 0.717) is 23.2 Å². The van der Waals surface area contributed by atoms with Crippen molar-refractivity contribution in [2.45, 2.75) is 18.7 Å². The van der Waals surface area contributed by atoms with Crippen molar-refractivity contribution in [2.24, 2.45) is 5.73 Å². The molecule has 1 heterocycles. The molecule has 0 aliphatic carbocycles. The lowest BCUT2D eigenvalue weighted by atomic mass is 10.1. The number of methoxy groups -OCH3 is 1. The molecule has 0 fully saturated rings. The molecule has 1 atom stereocenters. The van der Waals surface area contributed by atoms with Crippen molar-refractivity contribution in [3.63, 3.8) is 0 Å². The van der Waals surface area contributed by atoms with Gasteiger partial charge in [0.15, 0.2) is 5.82 Å². The first-order valence-electron chi connectivity index (χ1n) is 6.41. The molecular weight excluding hydrogens is 290 g/mol. The van der Waals surface area contributed by atoms with E-state index in [4.69, 9.17) is 10.3 Å². The number of aromatic nitrogens is 2. The summed E-state index contributed by atoms with van der Waals surface area (Å²) in [6.45, 7) is 2.00. The molecule has 0 amide bonds. The monoisotopic (exact) mass is 307 g/mol. The van der Waals surface area contributed by atoms with E-state index in [1.165, 1.54) is 18.9 Å². The van der Waals surface area contributed by atoms with E-state index in [2.05, 4.69) is 14.9 Å². The third kappa shape index (κ3) is 4.30. The van der Waals surface area contributed by atoms with Gasteiger partial charge in [0, 0.05) is 11.3 Å². The van der Waals surface area contributed by atoms with Crippen LogP contribution in [-0.2, 0) is 15.3 Å². The molecule has 0 saturated carbocycles. The van der Waals surface area contributed by atoms with Crippen LogP contribution in [0.3, 0.4) is 0 Å². The summed E-state index contributed by atoms with van der Waals surface area (Å²) in [4.78, 5) is 15.5. The number of benzene rings is 1. The van der Waals surface area contributed by atoms with Gasteiger partial charge in [-0.25, -0.2) is 0 Å². The van der Waals surface area contributed by atoms with Gasteiger partial charge < -0.3 is 15.0 Å². The van der Waals surface area contributed by atoms with Gasteiger partial charge in [0.05, 0.1) is 12.9 Å². The van der Waals surface area contributed by atoms with Crippen LogP contribution in [0.2, 0.25) is 0 Å². The number of esters is 1. The maximum atomic E-state index is 11.2. The fourth-order valence-electron chi connectivity index (χ4n) is 1.70. The van der Waals surface area contributed by atoms with Crippen LogP contribution in [0.1, 0.15) is 11.4 Å². The van der Waals surface area contributed by atoms with Crippen molar-refractivity contribution in [1.82, 2.24) is 10.1 Å². The molecule has 0 bridgehead atoms. The van der Waals surface area contributed by atoms with Crippen molar-refractivity contribution in [2.75, 3.05) is 12.9 Å². The second-order valence-electron chi connectivity index (χ2n) is 4.53. The maximum absolute atomic E-state index is 11.2. The smallest absolute Gasteiger partial charge is 0.323 e. The van der Waals surface area contributed by atoms with E-state index in [-0.39, 0.29) is 0 Å². The number of ether oxygens (including phenoxy) is 1. The molecule has 1 unspecified atom stereocenters. The second kappa shape index (κ2) is 7.24. The number of nitrogens with zero attached hydrogens (tertiary/aromatic N) is 2. The predicted molar refractivity (Wildman–Crippen MR) is 80.6 cm³/mol. The van der Waals surface area contributed by atoms with Gasteiger partial charge in [-0.1, -0.05) is 22.9 Å². The normalized spacial score (nSPS) is 12.1. The van der Waals surface area contributed by atoms with Crippen LogP contribution in [0.25, 0.3) is 11.5 Å². The number of aryl methyl sites for hydroxylation is 1.